The van der Waals surface area contributed by atoms with Gasteiger partial charge in [0.05, 0.1) is 25.7 Å². The monoisotopic (exact) mass is 282 g/mol. The van der Waals surface area contributed by atoms with Crippen molar-refractivity contribution in [3.8, 4) is 0 Å². The number of ether oxygens (including phenoxy) is 2. The highest BCUT2D eigenvalue weighted by Gasteiger charge is 2.08. The molecule has 0 saturated heterocycles. The lowest BCUT2D eigenvalue weighted by Gasteiger charge is -2.16. The molecule has 0 aliphatic heterocycles. The summed E-state index contributed by atoms with van der Waals surface area (Å²) in [5.41, 5.74) is 0. The molecule has 0 aromatic carbocycles. The highest BCUT2D eigenvalue weighted by Crippen LogP contribution is 2.22. The summed E-state index contributed by atoms with van der Waals surface area (Å²) in [7, 11) is 0. The van der Waals surface area contributed by atoms with Crippen LogP contribution in [0.4, 0.5) is 0 Å². The van der Waals surface area contributed by atoms with Crippen LogP contribution in [0.5, 0.6) is 0 Å². The SMILES string of the molecule is C=COCCCCC(CCCCC)CCCCOC=C. The largest absolute Gasteiger partial charge is 0.502 e. The molecule has 0 fully saturated rings. The second-order valence-corrected chi connectivity index (χ2v) is 5.43. The van der Waals surface area contributed by atoms with E-state index >= 15 is 0 Å². The Morgan fingerprint density at radius 3 is 1.60 bits per heavy atom. The predicted octanol–water partition coefficient (Wildman–Crippen LogP) is 5.84. The van der Waals surface area contributed by atoms with Gasteiger partial charge in [0.1, 0.15) is 0 Å². The van der Waals surface area contributed by atoms with Crippen molar-refractivity contribution >= 4 is 0 Å². The predicted molar refractivity (Wildman–Crippen MR) is 87.6 cm³/mol. The molecule has 0 N–H and O–H groups in total. The molecule has 0 saturated carbocycles. The summed E-state index contributed by atoms with van der Waals surface area (Å²) in [6.07, 6.45) is 16.1. The molecule has 0 atom stereocenters. The Kier molecular flexibility index (Phi) is 15.4. The molecule has 0 rings (SSSR count). The smallest absolute Gasteiger partial charge is 0.0873 e. The van der Waals surface area contributed by atoms with Crippen LogP contribution in [0, 0.1) is 5.92 Å². The van der Waals surface area contributed by atoms with Crippen LogP contribution in [0.25, 0.3) is 0 Å². The highest BCUT2D eigenvalue weighted by molar-refractivity contribution is 4.62. The van der Waals surface area contributed by atoms with Gasteiger partial charge in [-0.2, -0.15) is 0 Å². The number of hydrogen-bond donors (Lipinski definition) is 0. The van der Waals surface area contributed by atoms with Gasteiger partial charge in [-0.3, -0.25) is 0 Å². The van der Waals surface area contributed by atoms with Crippen molar-refractivity contribution in [3.63, 3.8) is 0 Å². The van der Waals surface area contributed by atoms with Gasteiger partial charge >= 0.3 is 0 Å². The summed E-state index contributed by atoms with van der Waals surface area (Å²) in [5, 5.41) is 0. The first-order valence-electron chi connectivity index (χ1n) is 8.30. The van der Waals surface area contributed by atoms with Crippen LogP contribution in [0.3, 0.4) is 0 Å². The molecule has 0 amide bonds. The van der Waals surface area contributed by atoms with Crippen LogP contribution < -0.4 is 0 Å². The van der Waals surface area contributed by atoms with Crippen molar-refractivity contribution in [1.82, 2.24) is 0 Å². The minimum Gasteiger partial charge on any atom is -0.502 e. The molecular formula is C18H34O2. The quantitative estimate of drug-likeness (QED) is 0.261. The van der Waals surface area contributed by atoms with Gasteiger partial charge < -0.3 is 9.47 Å². The minimum atomic E-state index is 0.818. The topological polar surface area (TPSA) is 18.5 Å². The van der Waals surface area contributed by atoms with Gasteiger partial charge in [-0.15, -0.1) is 0 Å². The van der Waals surface area contributed by atoms with Crippen molar-refractivity contribution < 1.29 is 9.47 Å². The Hall–Kier alpha value is -0.920. The second kappa shape index (κ2) is 16.1. The summed E-state index contributed by atoms with van der Waals surface area (Å²) < 4.78 is 10.4. The van der Waals surface area contributed by atoms with Crippen LogP contribution in [-0.2, 0) is 9.47 Å². The van der Waals surface area contributed by atoms with Crippen LogP contribution in [0.1, 0.15) is 71.1 Å². The third-order valence-electron chi connectivity index (χ3n) is 3.70. The molecule has 0 heterocycles. The maximum absolute atomic E-state index is 5.18. The molecule has 0 aromatic rings. The lowest BCUT2D eigenvalue weighted by Crippen LogP contribution is -2.03. The molecule has 2 nitrogen and oxygen atoms in total. The molecule has 0 aliphatic rings. The number of unbranched alkanes of at least 4 members (excludes halogenated alkanes) is 4. The third-order valence-corrected chi connectivity index (χ3v) is 3.70. The normalized spacial score (nSPS) is 10.5. The van der Waals surface area contributed by atoms with Gasteiger partial charge in [-0.25, -0.2) is 0 Å². The van der Waals surface area contributed by atoms with E-state index in [-0.39, 0.29) is 0 Å². The fraction of sp³-hybridized carbons (Fsp3) is 0.778. The Morgan fingerprint density at radius 1 is 0.750 bits per heavy atom. The van der Waals surface area contributed by atoms with Crippen molar-refractivity contribution in [2.24, 2.45) is 5.92 Å². The summed E-state index contributed by atoms with van der Waals surface area (Å²) >= 11 is 0. The number of hydrogen-bond acceptors (Lipinski definition) is 2. The lowest BCUT2D eigenvalue weighted by molar-refractivity contribution is 0.229. The van der Waals surface area contributed by atoms with Crippen LogP contribution >= 0.6 is 0 Å². The Bertz CT molecular complexity index is 195. The van der Waals surface area contributed by atoms with E-state index in [1.54, 1.807) is 12.5 Å². The first-order chi connectivity index (χ1) is 9.85. The fourth-order valence-corrected chi connectivity index (χ4v) is 2.52. The van der Waals surface area contributed by atoms with E-state index in [0.29, 0.717) is 0 Å². The van der Waals surface area contributed by atoms with Gasteiger partial charge in [0.2, 0.25) is 0 Å². The molecule has 20 heavy (non-hydrogen) atoms. The van der Waals surface area contributed by atoms with Crippen molar-refractivity contribution in [3.05, 3.63) is 25.7 Å². The molecule has 0 spiro atoms. The van der Waals surface area contributed by atoms with Crippen molar-refractivity contribution in [2.45, 2.75) is 71.1 Å². The summed E-state index contributed by atoms with van der Waals surface area (Å²) in [6.45, 7) is 11.0. The zero-order chi connectivity index (χ0) is 14.9. The van der Waals surface area contributed by atoms with E-state index in [0.717, 1.165) is 32.0 Å². The first-order valence-corrected chi connectivity index (χ1v) is 8.30. The maximum atomic E-state index is 5.18. The van der Waals surface area contributed by atoms with Gasteiger partial charge in [-0.05, 0) is 31.6 Å². The van der Waals surface area contributed by atoms with E-state index in [2.05, 4.69) is 20.1 Å². The molecule has 118 valence electrons. The van der Waals surface area contributed by atoms with Crippen LogP contribution in [0.15, 0.2) is 25.7 Å². The molecule has 0 aliphatic carbocycles. The fourth-order valence-electron chi connectivity index (χ4n) is 2.52. The highest BCUT2D eigenvalue weighted by atomic mass is 16.5. The maximum Gasteiger partial charge on any atom is 0.0873 e. The van der Waals surface area contributed by atoms with E-state index < -0.39 is 0 Å². The second-order valence-electron chi connectivity index (χ2n) is 5.43. The average Bonchev–Trinajstić information content (AvgIpc) is 2.46. The standard InChI is InChI=1S/C18H34O2/c1-4-7-8-13-18(14-9-11-16-19-5-2)15-10-12-17-20-6-3/h5-6,18H,2-4,7-17H2,1H3. The molecule has 2 heteroatoms. The first kappa shape index (κ1) is 19.1. The Balaban J connectivity index is 3.69. The van der Waals surface area contributed by atoms with Crippen LogP contribution in [0.2, 0.25) is 0 Å². The van der Waals surface area contributed by atoms with Gasteiger partial charge in [0.25, 0.3) is 0 Å². The van der Waals surface area contributed by atoms with Gasteiger partial charge in [-0.1, -0.05) is 58.6 Å². The van der Waals surface area contributed by atoms with Gasteiger partial charge in [0, 0.05) is 0 Å². The zero-order valence-electron chi connectivity index (χ0n) is 13.4. The van der Waals surface area contributed by atoms with E-state index in [1.807, 2.05) is 0 Å². The molecule has 0 unspecified atom stereocenters. The lowest BCUT2D eigenvalue weighted by atomic mass is 9.91. The molecule has 0 aromatic heterocycles. The molecule has 0 bridgehead atoms. The summed E-state index contributed by atoms with van der Waals surface area (Å²) in [5.74, 6) is 0.883. The van der Waals surface area contributed by atoms with Crippen LogP contribution in [-0.4, -0.2) is 13.2 Å². The Labute approximate surface area is 126 Å². The Morgan fingerprint density at radius 2 is 1.20 bits per heavy atom. The molecule has 0 radical (unpaired) electrons. The molecular weight excluding hydrogens is 248 g/mol. The number of rotatable bonds is 16. The third kappa shape index (κ3) is 13.5. The average molecular weight is 282 g/mol. The zero-order valence-corrected chi connectivity index (χ0v) is 13.4. The van der Waals surface area contributed by atoms with Crippen molar-refractivity contribution in [1.29, 1.82) is 0 Å². The summed E-state index contributed by atoms with van der Waals surface area (Å²) in [6, 6.07) is 0. The van der Waals surface area contributed by atoms with E-state index in [1.165, 1.54) is 51.4 Å². The van der Waals surface area contributed by atoms with E-state index in [4.69, 9.17) is 9.47 Å². The summed E-state index contributed by atoms with van der Waals surface area (Å²) in [4.78, 5) is 0. The van der Waals surface area contributed by atoms with E-state index in [9.17, 15) is 0 Å². The van der Waals surface area contributed by atoms with Crippen molar-refractivity contribution in [2.75, 3.05) is 13.2 Å². The minimum absolute atomic E-state index is 0.818. The van der Waals surface area contributed by atoms with Gasteiger partial charge in [0.15, 0.2) is 0 Å².